The maximum atomic E-state index is 14.0. The molecule has 142 valence electrons. The molecule has 1 fully saturated rings. The molecule has 0 spiro atoms. The van der Waals surface area contributed by atoms with Crippen molar-refractivity contribution in [1.82, 2.24) is 15.1 Å². The summed E-state index contributed by atoms with van der Waals surface area (Å²) in [5.41, 5.74) is -0.904. The third-order valence-electron chi connectivity index (χ3n) is 4.80. The number of carbonyl (C=O) groups excluding carboxylic acids is 1. The Balaban J connectivity index is 1.87. The number of amides is 1. The Morgan fingerprint density at radius 3 is 2.63 bits per heavy atom. The average Bonchev–Trinajstić information content (AvgIpc) is 3.16. The molecule has 3 rings (SSSR count). The van der Waals surface area contributed by atoms with Gasteiger partial charge in [-0.15, -0.1) is 0 Å². The van der Waals surface area contributed by atoms with Crippen LogP contribution in [0.15, 0.2) is 41.3 Å². The Bertz CT molecular complexity index is 906. The molecule has 1 aromatic carbocycles. The van der Waals surface area contributed by atoms with Gasteiger partial charge in [-0.25, -0.2) is 9.07 Å². The zero-order chi connectivity index (χ0) is 19.4. The Kier molecular flexibility index (Phi) is 5.63. The largest absolute Gasteiger partial charge is 0.481 e. The van der Waals surface area contributed by atoms with Gasteiger partial charge in [-0.2, -0.15) is 5.10 Å². The lowest BCUT2D eigenvalue weighted by Gasteiger charge is -2.23. The number of carboxylic acid groups (broad SMARTS) is 1. The number of nitrogens with one attached hydrogen (secondary N) is 1. The van der Waals surface area contributed by atoms with Gasteiger partial charge in [0.1, 0.15) is 11.5 Å². The maximum Gasteiger partial charge on any atom is 0.305 e. The van der Waals surface area contributed by atoms with Crippen LogP contribution in [-0.2, 0) is 4.79 Å². The van der Waals surface area contributed by atoms with E-state index in [0.29, 0.717) is 0 Å². The first-order valence-electron chi connectivity index (χ1n) is 8.83. The lowest BCUT2D eigenvalue weighted by molar-refractivity contribution is -0.137. The molecule has 1 aliphatic carbocycles. The van der Waals surface area contributed by atoms with E-state index in [9.17, 15) is 18.8 Å². The molecule has 2 N–H and O–H groups in total. The lowest BCUT2D eigenvalue weighted by atomic mass is 9.95. The molecule has 1 atom stereocenters. The van der Waals surface area contributed by atoms with Gasteiger partial charge in [-0.3, -0.25) is 14.4 Å². The van der Waals surface area contributed by atoms with Crippen LogP contribution in [0.2, 0.25) is 0 Å². The fourth-order valence-corrected chi connectivity index (χ4v) is 3.46. The van der Waals surface area contributed by atoms with Gasteiger partial charge >= 0.3 is 5.97 Å². The third-order valence-corrected chi connectivity index (χ3v) is 4.80. The van der Waals surface area contributed by atoms with Gasteiger partial charge < -0.3 is 10.4 Å². The SMILES string of the molecule is O=C(O)CC(NC(=O)c1nn(-c2ccccc2F)ccc1=O)C1CCCC1. The van der Waals surface area contributed by atoms with Crippen LogP contribution in [0, 0.1) is 11.7 Å². The Morgan fingerprint density at radius 2 is 1.96 bits per heavy atom. The van der Waals surface area contributed by atoms with Crippen molar-refractivity contribution in [3.8, 4) is 5.69 Å². The number of benzene rings is 1. The molecule has 1 amide bonds. The number of hydrogen-bond donors (Lipinski definition) is 2. The Labute approximate surface area is 154 Å². The van der Waals surface area contributed by atoms with Crippen LogP contribution in [0.25, 0.3) is 5.69 Å². The summed E-state index contributed by atoms with van der Waals surface area (Å²) in [6.45, 7) is 0. The summed E-state index contributed by atoms with van der Waals surface area (Å²) in [6, 6.07) is 6.42. The Hall–Kier alpha value is -3.03. The summed E-state index contributed by atoms with van der Waals surface area (Å²) in [6.07, 6.45) is 4.70. The highest BCUT2D eigenvalue weighted by molar-refractivity contribution is 5.92. The predicted octanol–water partition coefficient (Wildman–Crippen LogP) is 2.13. The van der Waals surface area contributed by atoms with Crippen molar-refractivity contribution in [3.05, 3.63) is 58.3 Å². The van der Waals surface area contributed by atoms with Crippen LogP contribution < -0.4 is 10.7 Å². The highest BCUT2D eigenvalue weighted by Gasteiger charge is 2.29. The van der Waals surface area contributed by atoms with Gasteiger partial charge in [0.15, 0.2) is 5.69 Å². The van der Waals surface area contributed by atoms with Crippen molar-refractivity contribution < 1.29 is 19.1 Å². The van der Waals surface area contributed by atoms with E-state index in [1.807, 2.05) is 0 Å². The molecule has 1 aromatic heterocycles. The maximum absolute atomic E-state index is 14.0. The van der Waals surface area contributed by atoms with E-state index in [-0.39, 0.29) is 18.0 Å². The molecule has 8 heteroatoms. The van der Waals surface area contributed by atoms with Crippen molar-refractivity contribution >= 4 is 11.9 Å². The van der Waals surface area contributed by atoms with E-state index >= 15 is 0 Å². The molecule has 27 heavy (non-hydrogen) atoms. The van der Waals surface area contributed by atoms with E-state index in [1.165, 1.54) is 24.4 Å². The van der Waals surface area contributed by atoms with Gasteiger partial charge in [0.05, 0.1) is 6.42 Å². The van der Waals surface area contributed by atoms with Crippen molar-refractivity contribution in [1.29, 1.82) is 0 Å². The second-order valence-electron chi connectivity index (χ2n) is 6.65. The molecule has 0 bridgehead atoms. The number of carboxylic acids is 1. The molecular formula is C19H20FN3O4. The van der Waals surface area contributed by atoms with Crippen LogP contribution >= 0.6 is 0 Å². The molecular weight excluding hydrogens is 353 g/mol. The second-order valence-corrected chi connectivity index (χ2v) is 6.65. The minimum Gasteiger partial charge on any atom is -0.481 e. The molecule has 7 nitrogen and oxygen atoms in total. The van der Waals surface area contributed by atoms with Crippen LogP contribution in [0.5, 0.6) is 0 Å². The van der Waals surface area contributed by atoms with E-state index in [4.69, 9.17) is 5.11 Å². The highest BCUT2D eigenvalue weighted by atomic mass is 19.1. The van der Waals surface area contributed by atoms with E-state index in [2.05, 4.69) is 10.4 Å². The summed E-state index contributed by atoms with van der Waals surface area (Å²) >= 11 is 0. The molecule has 1 aliphatic rings. The predicted molar refractivity (Wildman–Crippen MR) is 95.3 cm³/mol. The lowest BCUT2D eigenvalue weighted by Crippen LogP contribution is -2.43. The fraction of sp³-hybridized carbons (Fsp3) is 0.368. The normalized spacial score (nSPS) is 15.4. The molecule has 0 radical (unpaired) electrons. The fourth-order valence-electron chi connectivity index (χ4n) is 3.46. The number of aliphatic carboxylic acids is 1. The number of para-hydroxylation sites is 1. The zero-order valence-electron chi connectivity index (χ0n) is 14.6. The summed E-state index contributed by atoms with van der Waals surface area (Å²) < 4.78 is 15.1. The van der Waals surface area contributed by atoms with Gasteiger partial charge in [0, 0.05) is 18.3 Å². The van der Waals surface area contributed by atoms with E-state index in [0.717, 1.165) is 36.4 Å². The molecule has 0 saturated heterocycles. The smallest absolute Gasteiger partial charge is 0.305 e. The molecule has 1 heterocycles. The van der Waals surface area contributed by atoms with Crippen LogP contribution in [0.4, 0.5) is 4.39 Å². The number of hydrogen-bond acceptors (Lipinski definition) is 4. The van der Waals surface area contributed by atoms with Crippen LogP contribution in [-0.4, -0.2) is 32.8 Å². The Morgan fingerprint density at radius 1 is 1.26 bits per heavy atom. The van der Waals surface area contributed by atoms with Gasteiger partial charge in [0.25, 0.3) is 5.91 Å². The molecule has 2 aromatic rings. The zero-order valence-corrected chi connectivity index (χ0v) is 14.6. The van der Waals surface area contributed by atoms with Crippen molar-refractivity contribution in [2.24, 2.45) is 5.92 Å². The number of rotatable bonds is 6. The van der Waals surface area contributed by atoms with Gasteiger partial charge in [-0.1, -0.05) is 25.0 Å². The molecule has 1 saturated carbocycles. The molecule has 1 unspecified atom stereocenters. The minimum atomic E-state index is -1.02. The van der Waals surface area contributed by atoms with Crippen LogP contribution in [0.1, 0.15) is 42.6 Å². The minimum absolute atomic E-state index is 0.0579. The third kappa shape index (κ3) is 4.39. The second kappa shape index (κ2) is 8.11. The highest BCUT2D eigenvalue weighted by Crippen LogP contribution is 2.29. The van der Waals surface area contributed by atoms with E-state index < -0.39 is 34.9 Å². The summed E-state index contributed by atoms with van der Waals surface area (Å²) in [7, 11) is 0. The quantitative estimate of drug-likeness (QED) is 0.808. The summed E-state index contributed by atoms with van der Waals surface area (Å²) in [5.74, 6) is -2.25. The van der Waals surface area contributed by atoms with Crippen molar-refractivity contribution in [2.75, 3.05) is 0 Å². The van der Waals surface area contributed by atoms with Crippen molar-refractivity contribution in [2.45, 2.75) is 38.1 Å². The number of nitrogens with zero attached hydrogens (tertiary/aromatic N) is 2. The topological polar surface area (TPSA) is 101 Å². The summed E-state index contributed by atoms with van der Waals surface area (Å²) in [4.78, 5) is 35.9. The number of halogens is 1. The van der Waals surface area contributed by atoms with E-state index in [1.54, 1.807) is 6.07 Å². The average molecular weight is 373 g/mol. The summed E-state index contributed by atoms with van der Waals surface area (Å²) in [5, 5.41) is 15.7. The number of aromatic nitrogens is 2. The first kappa shape index (κ1) is 18.8. The molecule has 0 aliphatic heterocycles. The van der Waals surface area contributed by atoms with Crippen LogP contribution in [0.3, 0.4) is 0 Å². The monoisotopic (exact) mass is 373 g/mol. The first-order chi connectivity index (χ1) is 13.0. The van der Waals surface area contributed by atoms with Gasteiger partial charge in [-0.05, 0) is 30.9 Å². The standard InChI is InChI=1S/C19H20FN3O4/c20-13-7-3-4-8-15(13)23-10-9-16(24)18(22-23)19(27)21-14(11-17(25)26)12-5-1-2-6-12/h3-4,7-10,12,14H,1-2,5-6,11H2,(H,21,27)(H,25,26). The van der Waals surface area contributed by atoms with Gasteiger partial charge in [0.2, 0.25) is 5.43 Å². The van der Waals surface area contributed by atoms with Crippen molar-refractivity contribution in [3.63, 3.8) is 0 Å². The number of carbonyl (C=O) groups is 2. The first-order valence-corrected chi connectivity index (χ1v) is 8.83.